The minimum Gasteiger partial charge on any atom is -0.480 e. The normalized spacial score (nSPS) is 26.6. The lowest BCUT2D eigenvalue weighted by Gasteiger charge is -2.24. The third kappa shape index (κ3) is 2.36. The van der Waals surface area contributed by atoms with Gasteiger partial charge in [-0.2, -0.15) is 12.6 Å². The summed E-state index contributed by atoms with van der Waals surface area (Å²) < 4.78 is 0. The van der Waals surface area contributed by atoms with Crippen LogP contribution < -0.4 is 0 Å². The first-order chi connectivity index (χ1) is 6.57. The highest BCUT2D eigenvalue weighted by molar-refractivity contribution is 8.00. The number of carbonyl (C=O) groups is 2. The number of carbonyl (C=O) groups excluding carboxylic acids is 1. The molecule has 0 aromatic rings. The van der Waals surface area contributed by atoms with E-state index in [9.17, 15) is 9.59 Å². The van der Waals surface area contributed by atoms with Crippen LogP contribution in [0.5, 0.6) is 0 Å². The molecule has 0 radical (unpaired) electrons. The van der Waals surface area contributed by atoms with Crippen LogP contribution >= 0.6 is 24.4 Å². The second-order valence-electron chi connectivity index (χ2n) is 3.06. The number of hydrogen-bond acceptors (Lipinski definition) is 4. The number of thiol groups is 1. The number of rotatable bonds is 3. The average Bonchev–Trinajstić information content (AvgIpc) is 2.47. The van der Waals surface area contributed by atoms with Crippen LogP contribution in [0.1, 0.15) is 13.3 Å². The summed E-state index contributed by atoms with van der Waals surface area (Å²) in [6.07, 6.45) is 0.303. The van der Waals surface area contributed by atoms with Crippen molar-refractivity contribution in [2.45, 2.75) is 24.8 Å². The van der Waals surface area contributed by atoms with Crippen molar-refractivity contribution in [2.75, 3.05) is 11.5 Å². The third-order valence-electron chi connectivity index (χ3n) is 2.12. The first kappa shape index (κ1) is 11.7. The molecular formula is C8H13NO3S2. The molecule has 0 aliphatic carbocycles. The van der Waals surface area contributed by atoms with E-state index in [-0.39, 0.29) is 11.3 Å². The summed E-state index contributed by atoms with van der Waals surface area (Å²) in [7, 11) is 0. The van der Waals surface area contributed by atoms with Gasteiger partial charge in [0, 0.05) is 12.2 Å². The van der Waals surface area contributed by atoms with Gasteiger partial charge in [0.2, 0.25) is 5.91 Å². The summed E-state index contributed by atoms with van der Waals surface area (Å²) in [5.41, 5.74) is 0. The number of carboxylic acid groups (broad SMARTS) is 1. The van der Waals surface area contributed by atoms with E-state index in [1.165, 1.54) is 16.7 Å². The molecule has 1 saturated heterocycles. The molecule has 2 unspecified atom stereocenters. The van der Waals surface area contributed by atoms with Gasteiger partial charge in [-0.15, -0.1) is 11.8 Å². The molecule has 1 amide bonds. The van der Waals surface area contributed by atoms with Gasteiger partial charge in [-0.1, -0.05) is 0 Å². The van der Waals surface area contributed by atoms with E-state index in [4.69, 9.17) is 5.11 Å². The van der Waals surface area contributed by atoms with Crippen LogP contribution in [-0.4, -0.2) is 44.8 Å². The number of aliphatic carboxylic acids is 1. The molecule has 0 aromatic heterocycles. The van der Waals surface area contributed by atoms with Crippen LogP contribution in [0.3, 0.4) is 0 Å². The van der Waals surface area contributed by atoms with Crippen molar-refractivity contribution in [1.29, 1.82) is 0 Å². The molecule has 1 N–H and O–H groups in total. The molecule has 80 valence electrons. The van der Waals surface area contributed by atoms with Crippen molar-refractivity contribution in [2.24, 2.45) is 0 Å². The Morgan fingerprint density at radius 2 is 2.29 bits per heavy atom. The van der Waals surface area contributed by atoms with Crippen molar-refractivity contribution in [1.82, 2.24) is 4.90 Å². The second kappa shape index (κ2) is 4.93. The van der Waals surface area contributed by atoms with Crippen molar-refractivity contribution >= 4 is 36.3 Å². The van der Waals surface area contributed by atoms with E-state index >= 15 is 0 Å². The summed E-state index contributed by atoms with van der Waals surface area (Å²) in [6, 6.07) is -0.664. The van der Waals surface area contributed by atoms with Crippen LogP contribution in [0.4, 0.5) is 0 Å². The number of thioether (sulfide) groups is 1. The monoisotopic (exact) mass is 235 g/mol. The van der Waals surface area contributed by atoms with Gasteiger partial charge in [0.25, 0.3) is 0 Å². The highest BCUT2D eigenvalue weighted by Gasteiger charge is 2.38. The summed E-state index contributed by atoms with van der Waals surface area (Å²) in [5.74, 6) is -0.104. The smallest absolute Gasteiger partial charge is 0.327 e. The number of amides is 1. The van der Waals surface area contributed by atoms with Crippen molar-refractivity contribution in [3.63, 3.8) is 0 Å². The van der Waals surface area contributed by atoms with Gasteiger partial charge in [-0.05, 0) is 12.7 Å². The molecule has 1 fully saturated rings. The zero-order chi connectivity index (χ0) is 10.7. The molecule has 1 aliphatic rings. The summed E-state index contributed by atoms with van der Waals surface area (Å²) >= 11 is 5.46. The fourth-order valence-electron chi connectivity index (χ4n) is 1.44. The van der Waals surface area contributed by atoms with Crippen LogP contribution in [0, 0.1) is 0 Å². The summed E-state index contributed by atoms with van der Waals surface area (Å²) in [4.78, 5) is 23.9. The van der Waals surface area contributed by atoms with Gasteiger partial charge in [-0.25, -0.2) is 4.79 Å². The first-order valence-electron chi connectivity index (χ1n) is 4.34. The minimum absolute atomic E-state index is 0.0384. The van der Waals surface area contributed by atoms with E-state index in [2.05, 4.69) is 12.6 Å². The molecule has 2 atom stereocenters. The number of nitrogens with zero attached hydrogens (tertiary/aromatic N) is 1. The molecule has 1 rings (SSSR count). The van der Waals surface area contributed by atoms with Gasteiger partial charge in [0.15, 0.2) is 0 Å². The first-order valence-corrected chi connectivity index (χ1v) is 6.02. The number of hydrogen-bond donors (Lipinski definition) is 2. The van der Waals surface area contributed by atoms with Gasteiger partial charge < -0.3 is 10.0 Å². The largest absolute Gasteiger partial charge is 0.480 e. The Labute approximate surface area is 92.4 Å². The molecule has 0 saturated carbocycles. The van der Waals surface area contributed by atoms with Crippen LogP contribution in [0.25, 0.3) is 0 Å². The molecule has 14 heavy (non-hydrogen) atoms. The van der Waals surface area contributed by atoms with Gasteiger partial charge in [0.05, 0.1) is 5.37 Å². The zero-order valence-corrected chi connectivity index (χ0v) is 9.55. The highest BCUT2D eigenvalue weighted by atomic mass is 32.2. The SMILES string of the molecule is CC1SCC(C(=O)O)N1C(=O)CCS. The lowest BCUT2D eigenvalue weighted by molar-refractivity contribution is -0.148. The Balaban J connectivity index is 2.71. The van der Waals surface area contributed by atoms with Crippen LogP contribution in [0.2, 0.25) is 0 Å². The Bertz CT molecular complexity index is 247. The van der Waals surface area contributed by atoms with E-state index in [0.717, 1.165) is 0 Å². The summed E-state index contributed by atoms with van der Waals surface area (Å²) in [6.45, 7) is 1.85. The van der Waals surface area contributed by atoms with Gasteiger partial charge in [-0.3, -0.25) is 4.79 Å². The molecule has 1 aliphatic heterocycles. The molecule has 6 heteroatoms. The Hall–Kier alpha value is -0.360. The topological polar surface area (TPSA) is 57.6 Å². The molecule has 1 heterocycles. The van der Waals surface area contributed by atoms with E-state index in [1.54, 1.807) is 0 Å². The highest BCUT2D eigenvalue weighted by Crippen LogP contribution is 2.29. The Morgan fingerprint density at radius 3 is 2.79 bits per heavy atom. The second-order valence-corrected chi connectivity index (χ2v) is 4.86. The standard InChI is InChI=1S/C8H13NO3S2/c1-5-9(7(10)2-3-13)6(4-14-5)8(11)12/h5-6,13H,2-4H2,1H3,(H,11,12). The predicted octanol–water partition coefficient (Wildman–Crippen LogP) is 0.681. The maximum atomic E-state index is 11.6. The molecule has 0 bridgehead atoms. The zero-order valence-electron chi connectivity index (χ0n) is 7.84. The minimum atomic E-state index is -0.922. The van der Waals surface area contributed by atoms with Crippen molar-refractivity contribution in [3.05, 3.63) is 0 Å². The molecule has 0 spiro atoms. The van der Waals surface area contributed by atoms with Gasteiger partial charge >= 0.3 is 5.97 Å². The third-order valence-corrected chi connectivity index (χ3v) is 3.56. The lowest BCUT2D eigenvalue weighted by atomic mass is 10.2. The maximum Gasteiger partial charge on any atom is 0.327 e. The quantitative estimate of drug-likeness (QED) is 0.706. The fraction of sp³-hybridized carbons (Fsp3) is 0.750. The Morgan fingerprint density at radius 1 is 1.64 bits per heavy atom. The van der Waals surface area contributed by atoms with Crippen molar-refractivity contribution < 1.29 is 14.7 Å². The van der Waals surface area contributed by atoms with E-state index in [1.807, 2.05) is 6.92 Å². The van der Waals surface area contributed by atoms with Crippen LogP contribution in [0.15, 0.2) is 0 Å². The number of carboxylic acids is 1. The van der Waals surface area contributed by atoms with E-state index < -0.39 is 12.0 Å². The van der Waals surface area contributed by atoms with Crippen LogP contribution in [-0.2, 0) is 9.59 Å². The van der Waals surface area contributed by atoms with Gasteiger partial charge in [0.1, 0.15) is 6.04 Å². The Kier molecular flexibility index (Phi) is 4.12. The molecular weight excluding hydrogens is 222 g/mol. The van der Waals surface area contributed by atoms with Crippen molar-refractivity contribution in [3.8, 4) is 0 Å². The average molecular weight is 235 g/mol. The summed E-state index contributed by atoms with van der Waals surface area (Å²) in [5, 5.41) is 8.85. The molecule has 4 nitrogen and oxygen atoms in total. The fourth-order valence-corrected chi connectivity index (χ4v) is 2.82. The molecule has 0 aromatic carbocycles. The maximum absolute atomic E-state index is 11.6. The predicted molar refractivity (Wildman–Crippen MR) is 58.7 cm³/mol. The lowest BCUT2D eigenvalue weighted by Crippen LogP contribution is -2.44. The van der Waals surface area contributed by atoms with E-state index in [0.29, 0.717) is 17.9 Å².